The Morgan fingerprint density at radius 2 is 2.28 bits per heavy atom. The van der Waals surface area contributed by atoms with E-state index in [2.05, 4.69) is 26.6 Å². The van der Waals surface area contributed by atoms with Gasteiger partial charge in [0.1, 0.15) is 0 Å². The average Bonchev–Trinajstić information content (AvgIpc) is 2.81. The summed E-state index contributed by atoms with van der Waals surface area (Å²) in [5.74, 6) is 0.722. The highest BCUT2D eigenvalue weighted by Gasteiger charge is 2.14. The predicted octanol–water partition coefficient (Wildman–Crippen LogP) is 2.61. The molecule has 0 bridgehead atoms. The molecule has 2 N–H and O–H groups in total. The molecule has 1 aromatic heterocycles. The molecule has 3 nitrogen and oxygen atoms in total. The summed E-state index contributed by atoms with van der Waals surface area (Å²) < 4.78 is 1.11. The minimum absolute atomic E-state index is 0.142. The van der Waals surface area contributed by atoms with Crippen LogP contribution < -0.4 is 10.6 Å². The molecule has 0 radical (unpaired) electrons. The Labute approximate surface area is 124 Å². The smallest absolute Gasteiger partial charge is 0.230 e. The fourth-order valence-corrected chi connectivity index (χ4v) is 4.32. The fourth-order valence-electron chi connectivity index (χ4n) is 1.84. The topological polar surface area (TPSA) is 41.1 Å². The second kappa shape index (κ2) is 7.53. The number of hydrogen-bond acceptors (Lipinski definition) is 4. The Kier molecular flexibility index (Phi) is 6.01. The van der Waals surface area contributed by atoms with Gasteiger partial charge in [-0.3, -0.25) is 4.79 Å². The van der Waals surface area contributed by atoms with Crippen molar-refractivity contribution >= 4 is 44.9 Å². The van der Waals surface area contributed by atoms with Crippen LogP contribution >= 0.6 is 39.0 Å². The summed E-state index contributed by atoms with van der Waals surface area (Å²) in [6.07, 6.45) is 2.35. The van der Waals surface area contributed by atoms with Gasteiger partial charge in [-0.15, -0.1) is 23.1 Å². The largest absolute Gasteiger partial charge is 0.350 e. The van der Waals surface area contributed by atoms with E-state index in [0.29, 0.717) is 17.5 Å². The quantitative estimate of drug-likeness (QED) is 0.859. The van der Waals surface area contributed by atoms with E-state index in [-0.39, 0.29) is 5.91 Å². The van der Waals surface area contributed by atoms with Crippen LogP contribution in [0.4, 0.5) is 0 Å². The van der Waals surface area contributed by atoms with E-state index in [1.54, 1.807) is 23.1 Å². The molecular formula is C12H17BrN2OS2. The van der Waals surface area contributed by atoms with Crippen LogP contribution in [0, 0.1) is 0 Å². The number of amides is 1. The Morgan fingerprint density at radius 3 is 2.94 bits per heavy atom. The molecule has 2 rings (SSSR count). The van der Waals surface area contributed by atoms with Gasteiger partial charge in [-0.25, -0.2) is 0 Å². The van der Waals surface area contributed by atoms with Crippen molar-refractivity contribution in [3.05, 3.63) is 20.8 Å². The number of halogens is 1. The minimum Gasteiger partial charge on any atom is -0.350 e. The van der Waals surface area contributed by atoms with Crippen LogP contribution in [0.2, 0.25) is 0 Å². The molecule has 0 aromatic carbocycles. The summed E-state index contributed by atoms with van der Waals surface area (Å²) in [6.45, 7) is 2.81. The Bertz CT molecular complexity index is 391. The van der Waals surface area contributed by atoms with Crippen LogP contribution in [0.25, 0.3) is 0 Å². The number of thioether (sulfide) groups is 1. The second-order valence-corrected chi connectivity index (χ2v) is 8.08. The third-order valence-corrected chi connectivity index (χ3v) is 5.82. The number of rotatable bonds is 5. The monoisotopic (exact) mass is 348 g/mol. The fraction of sp³-hybridized carbons (Fsp3) is 0.583. The zero-order valence-electron chi connectivity index (χ0n) is 10.1. The molecule has 100 valence electrons. The van der Waals surface area contributed by atoms with Crippen LogP contribution in [0.3, 0.4) is 0 Å². The molecule has 0 spiro atoms. The number of piperidine rings is 1. The predicted molar refractivity (Wildman–Crippen MR) is 82.2 cm³/mol. The van der Waals surface area contributed by atoms with E-state index in [1.807, 2.05) is 12.1 Å². The van der Waals surface area contributed by atoms with Gasteiger partial charge >= 0.3 is 0 Å². The van der Waals surface area contributed by atoms with E-state index in [0.717, 1.165) is 16.9 Å². The van der Waals surface area contributed by atoms with Gasteiger partial charge in [0.25, 0.3) is 0 Å². The van der Waals surface area contributed by atoms with Gasteiger partial charge in [0.15, 0.2) is 0 Å². The van der Waals surface area contributed by atoms with Crippen molar-refractivity contribution in [2.75, 3.05) is 18.8 Å². The number of hydrogen-bond donors (Lipinski definition) is 2. The van der Waals surface area contributed by atoms with Gasteiger partial charge in [-0.1, -0.05) is 0 Å². The van der Waals surface area contributed by atoms with Gasteiger partial charge in [0.2, 0.25) is 5.91 Å². The van der Waals surface area contributed by atoms with Crippen molar-refractivity contribution in [2.45, 2.75) is 24.6 Å². The van der Waals surface area contributed by atoms with Crippen molar-refractivity contribution in [1.29, 1.82) is 0 Å². The first-order valence-corrected chi connectivity index (χ1v) is 8.73. The summed E-state index contributed by atoms with van der Waals surface area (Å²) in [7, 11) is 0. The number of carbonyl (C=O) groups is 1. The summed E-state index contributed by atoms with van der Waals surface area (Å²) in [5.41, 5.74) is 0. The number of carbonyl (C=O) groups excluding carboxylic acids is 1. The lowest BCUT2D eigenvalue weighted by Crippen LogP contribution is -2.31. The Hall–Kier alpha value is -0.0400. The summed E-state index contributed by atoms with van der Waals surface area (Å²) in [5, 5.41) is 6.95. The molecule has 0 aliphatic carbocycles. The maximum absolute atomic E-state index is 11.7. The highest BCUT2D eigenvalue weighted by molar-refractivity contribution is 9.11. The third-order valence-electron chi connectivity index (χ3n) is 2.82. The molecule has 0 atom stereocenters. The van der Waals surface area contributed by atoms with Gasteiger partial charge in [-0.2, -0.15) is 0 Å². The molecule has 1 aliphatic heterocycles. The second-order valence-electron chi connectivity index (χ2n) is 4.24. The molecule has 18 heavy (non-hydrogen) atoms. The first kappa shape index (κ1) is 14.4. The highest BCUT2D eigenvalue weighted by atomic mass is 79.9. The summed E-state index contributed by atoms with van der Waals surface area (Å²) >= 11 is 6.87. The van der Waals surface area contributed by atoms with Gasteiger partial charge in [0.05, 0.1) is 16.1 Å². The van der Waals surface area contributed by atoms with Crippen LogP contribution in [0.15, 0.2) is 15.9 Å². The zero-order chi connectivity index (χ0) is 12.8. The van der Waals surface area contributed by atoms with Crippen molar-refractivity contribution in [3.63, 3.8) is 0 Å². The molecule has 0 unspecified atom stereocenters. The molecular weight excluding hydrogens is 332 g/mol. The van der Waals surface area contributed by atoms with Gasteiger partial charge < -0.3 is 10.6 Å². The molecule has 6 heteroatoms. The molecule has 1 aromatic rings. The molecule has 1 amide bonds. The lowest BCUT2D eigenvalue weighted by atomic mass is 10.2. The van der Waals surface area contributed by atoms with Crippen molar-refractivity contribution in [2.24, 2.45) is 0 Å². The standard InChI is InChI=1S/C12H17BrN2OS2/c13-11-2-1-10(18-11)7-15-12(16)8-17-9-3-5-14-6-4-9/h1-2,9,14H,3-8H2,(H,15,16). The van der Waals surface area contributed by atoms with E-state index in [1.165, 1.54) is 17.7 Å². The highest BCUT2D eigenvalue weighted by Crippen LogP contribution is 2.22. The minimum atomic E-state index is 0.142. The first-order chi connectivity index (χ1) is 8.74. The van der Waals surface area contributed by atoms with Crippen molar-refractivity contribution in [1.82, 2.24) is 10.6 Å². The molecule has 2 heterocycles. The van der Waals surface area contributed by atoms with E-state index >= 15 is 0 Å². The Morgan fingerprint density at radius 1 is 1.50 bits per heavy atom. The molecule has 1 saturated heterocycles. The van der Waals surface area contributed by atoms with E-state index in [9.17, 15) is 4.79 Å². The van der Waals surface area contributed by atoms with Gasteiger partial charge in [0, 0.05) is 10.1 Å². The summed E-state index contributed by atoms with van der Waals surface area (Å²) in [4.78, 5) is 12.9. The molecule has 1 fully saturated rings. The SMILES string of the molecule is O=C(CSC1CCNCC1)NCc1ccc(Br)s1. The third kappa shape index (κ3) is 4.91. The normalized spacial score (nSPS) is 16.7. The van der Waals surface area contributed by atoms with Crippen LogP contribution in [-0.4, -0.2) is 30.0 Å². The van der Waals surface area contributed by atoms with E-state index in [4.69, 9.17) is 0 Å². The average molecular weight is 349 g/mol. The maximum atomic E-state index is 11.7. The van der Waals surface area contributed by atoms with Crippen LogP contribution in [0.5, 0.6) is 0 Å². The van der Waals surface area contributed by atoms with Crippen LogP contribution in [-0.2, 0) is 11.3 Å². The molecule has 1 aliphatic rings. The number of nitrogens with one attached hydrogen (secondary N) is 2. The lowest BCUT2D eigenvalue weighted by Gasteiger charge is -2.21. The summed E-state index contributed by atoms with van der Waals surface area (Å²) in [6, 6.07) is 4.05. The van der Waals surface area contributed by atoms with Gasteiger partial charge in [-0.05, 0) is 54.0 Å². The van der Waals surface area contributed by atoms with Crippen molar-refractivity contribution < 1.29 is 4.79 Å². The van der Waals surface area contributed by atoms with Crippen molar-refractivity contribution in [3.8, 4) is 0 Å². The zero-order valence-corrected chi connectivity index (χ0v) is 13.3. The first-order valence-electron chi connectivity index (χ1n) is 6.07. The lowest BCUT2D eigenvalue weighted by molar-refractivity contribution is -0.118. The van der Waals surface area contributed by atoms with E-state index < -0.39 is 0 Å². The Balaban J connectivity index is 1.62. The number of thiophene rings is 1. The maximum Gasteiger partial charge on any atom is 0.230 e. The van der Waals surface area contributed by atoms with Crippen LogP contribution in [0.1, 0.15) is 17.7 Å². The molecule has 0 saturated carbocycles.